The molecule has 9 nitrogen and oxygen atoms in total. The predicted molar refractivity (Wildman–Crippen MR) is 170 cm³/mol. The normalized spacial score (nSPS) is 15.7. The van der Waals surface area contributed by atoms with E-state index in [1.807, 2.05) is 39.3 Å². The molecule has 1 saturated carbocycles. The first-order valence-corrected chi connectivity index (χ1v) is 16.1. The number of carbonyl (C=O) groups excluding carboxylic acids is 1. The lowest BCUT2D eigenvalue weighted by atomic mass is 9.64. The van der Waals surface area contributed by atoms with E-state index in [-0.39, 0.29) is 22.4 Å². The van der Waals surface area contributed by atoms with Crippen LogP contribution in [0.3, 0.4) is 0 Å². The van der Waals surface area contributed by atoms with Gasteiger partial charge in [-0.3, -0.25) is 14.5 Å². The third kappa shape index (κ3) is 5.32. The van der Waals surface area contributed by atoms with Crippen molar-refractivity contribution in [3.63, 3.8) is 0 Å². The molecular weight excluding hydrogens is 586 g/mol. The summed E-state index contributed by atoms with van der Waals surface area (Å²) < 4.78 is 35.7. The Kier molecular flexibility index (Phi) is 7.56. The lowest BCUT2D eigenvalue weighted by Crippen LogP contribution is -2.43. The topological polar surface area (TPSA) is 105 Å². The number of hydrogen-bond acceptors (Lipinski definition) is 7. The number of nitrogens with one attached hydrogen (secondary N) is 1. The Labute approximate surface area is 256 Å². The molecule has 2 aliphatic rings. The number of anilines is 2. The summed E-state index contributed by atoms with van der Waals surface area (Å²) in [5.41, 5.74) is 4.66. The Bertz CT molecular complexity index is 1840. The van der Waals surface area contributed by atoms with Crippen molar-refractivity contribution in [1.82, 2.24) is 14.9 Å². The summed E-state index contributed by atoms with van der Waals surface area (Å²) in [7, 11) is 1.77. The van der Waals surface area contributed by atoms with Gasteiger partial charge >= 0.3 is 0 Å². The summed E-state index contributed by atoms with van der Waals surface area (Å²) in [5, 5.41) is 1.26. The lowest BCUT2D eigenvalue weighted by molar-refractivity contribution is -0.125. The Balaban J connectivity index is 1.41. The highest BCUT2D eigenvalue weighted by Crippen LogP contribution is 2.55. The monoisotopic (exact) mass is 619 g/mol. The first kappa shape index (κ1) is 29.3. The zero-order valence-electron chi connectivity index (χ0n) is 24.6. The van der Waals surface area contributed by atoms with Crippen molar-refractivity contribution < 1.29 is 17.9 Å². The summed E-state index contributed by atoms with van der Waals surface area (Å²) >= 11 is 6.18. The highest BCUT2D eigenvalue weighted by atomic mass is 35.5. The van der Waals surface area contributed by atoms with Crippen molar-refractivity contribution in [2.24, 2.45) is 0 Å². The number of halogens is 1. The van der Waals surface area contributed by atoms with E-state index < -0.39 is 15.4 Å². The van der Waals surface area contributed by atoms with Crippen molar-refractivity contribution in [3.05, 3.63) is 71.0 Å². The highest BCUT2D eigenvalue weighted by Gasteiger charge is 2.54. The van der Waals surface area contributed by atoms with Crippen LogP contribution in [0.1, 0.15) is 36.8 Å². The Morgan fingerprint density at radius 1 is 1.07 bits per heavy atom. The molecule has 1 aliphatic carbocycles. The Morgan fingerprint density at radius 2 is 1.86 bits per heavy atom. The van der Waals surface area contributed by atoms with Gasteiger partial charge in [0, 0.05) is 41.3 Å². The smallest absolute Gasteiger partial charge is 0.262 e. The molecule has 11 heteroatoms. The van der Waals surface area contributed by atoms with Crippen molar-refractivity contribution in [2.75, 3.05) is 43.9 Å². The van der Waals surface area contributed by atoms with Crippen LogP contribution in [0.5, 0.6) is 5.88 Å². The Hall–Kier alpha value is -3.73. The molecular formula is C32H34ClN5O4S. The second-order valence-electron chi connectivity index (χ2n) is 11.7. The van der Waals surface area contributed by atoms with Gasteiger partial charge in [-0.25, -0.2) is 13.4 Å². The third-order valence-electron chi connectivity index (χ3n) is 8.35. The first-order chi connectivity index (χ1) is 20.5. The van der Waals surface area contributed by atoms with E-state index in [0.717, 1.165) is 65.5 Å². The number of carbonyl (C=O) groups is 1. The molecule has 4 aromatic rings. The van der Waals surface area contributed by atoms with Crippen LogP contribution in [0.4, 0.5) is 11.4 Å². The van der Waals surface area contributed by atoms with Crippen LogP contribution in [0.25, 0.3) is 22.0 Å². The first-order valence-electron chi connectivity index (χ1n) is 14.3. The molecule has 0 bridgehead atoms. The number of aryl methyl sites for hydroxylation is 1. The maximum atomic E-state index is 13.5. The van der Waals surface area contributed by atoms with E-state index in [9.17, 15) is 13.2 Å². The molecule has 43 heavy (non-hydrogen) atoms. The molecule has 0 atom stereocenters. The number of rotatable bonds is 9. The van der Waals surface area contributed by atoms with Gasteiger partial charge in [-0.2, -0.15) is 0 Å². The molecule has 6 rings (SSSR count). The van der Waals surface area contributed by atoms with E-state index >= 15 is 0 Å². The van der Waals surface area contributed by atoms with Gasteiger partial charge in [0.15, 0.2) is 0 Å². The summed E-state index contributed by atoms with van der Waals surface area (Å²) in [6, 6.07) is 12.3. The minimum Gasteiger partial charge on any atom is -0.476 e. The maximum absolute atomic E-state index is 13.5. The van der Waals surface area contributed by atoms with Crippen LogP contribution in [0.2, 0.25) is 5.02 Å². The number of ether oxygens (including phenoxy) is 1. The van der Waals surface area contributed by atoms with Crippen LogP contribution in [0.15, 0.2) is 59.8 Å². The van der Waals surface area contributed by atoms with Crippen molar-refractivity contribution in [2.45, 2.75) is 42.9 Å². The molecule has 0 radical (unpaired) electrons. The maximum Gasteiger partial charge on any atom is 0.262 e. The van der Waals surface area contributed by atoms with Crippen molar-refractivity contribution >= 4 is 49.8 Å². The molecule has 1 spiro atoms. The molecule has 1 aliphatic heterocycles. The molecule has 224 valence electrons. The number of sulfonamides is 1. The molecule has 1 N–H and O–H groups in total. The molecule has 1 amide bonds. The third-order valence-corrected chi connectivity index (χ3v) is 9.92. The quantitative estimate of drug-likeness (QED) is 0.237. The minimum atomic E-state index is -4.01. The zero-order chi connectivity index (χ0) is 30.5. The van der Waals surface area contributed by atoms with Crippen LogP contribution in [-0.4, -0.2) is 63.5 Å². The Morgan fingerprint density at radius 3 is 2.56 bits per heavy atom. The summed E-state index contributed by atoms with van der Waals surface area (Å²) in [6.45, 7) is 2.97. The van der Waals surface area contributed by atoms with Gasteiger partial charge in [-0.1, -0.05) is 24.1 Å². The molecule has 0 unspecified atom stereocenters. The number of pyridine rings is 2. The molecule has 0 saturated heterocycles. The van der Waals surface area contributed by atoms with E-state index in [4.69, 9.17) is 16.3 Å². The van der Waals surface area contributed by atoms with Crippen LogP contribution >= 0.6 is 11.6 Å². The fourth-order valence-electron chi connectivity index (χ4n) is 6.06. The van der Waals surface area contributed by atoms with Crippen LogP contribution in [-0.2, 0) is 20.2 Å². The molecule has 2 aromatic carbocycles. The molecule has 1 fully saturated rings. The SMILES string of the molecule is Cc1cc(Cl)cc(S(=O)(=O)Nc2cc(-c3ccc4ncc5c(c4c3)C3(CCC3)C(=O)N5C)cnc2OCCCN(C)C)c1. The fraction of sp³-hybridized carbons (Fsp3) is 0.344. The van der Waals surface area contributed by atoms with Gasteiger partial charge in [0.05, 0.1) is 34.3 Å². The van der Waals surface area contributed by atoms with Gasteiger partial charge in [-0.05, 0) is 87.8 Å². The number of hydrogen-bond donors (Lipinski definition) is 1. The number of aromatic nitrogens is 2. The van der Waals surface area contributed by atoms with Gasteiger partial charge < -0.3 is 14.5 Å². The van der Waals surface area contributed by atoms with Crippen molar-refractivity contribution in [1.29, 1.82) is 0 Å². The van der Waals surface area contributed by atoms with Crippen molar-refractivity contribution in [3.8, 4) is 17.0 Å². The average Bonchev–Trinajstić information content (AvgIpc) is 3.17. The molecule has 2 aromatic heterocycles. The standard InChI is InChI=1S/C32H34ClN5O4S/c1-20-13-23(33)17-24(14-20)43(40,41)36-27-16-22(18-35-30(27)42-12-6-11-37(2)3)21-7-8-26-25(15-21)29-28(19-34-26)38(4)31(39)32(29)9-5-10-32/h7-8,13-19,36H,5-6,9-12H2,1-4H3. The predicted octanol–water partition coefficient (Wildman–Crippen LogP) is 5.79. The second kappa shape index (κ2) is 11.1. The number of fused-ring (bicyclic) bond motifs is 4. The van der Waals surface area contributed by atoms with E-state index in [0.29, 0.717) is 17.2 Å². The van der Waals surface area contributed by atoms with Gasteiger partial charge in [-0.15, -0.1) is 0 Å². The summed E-state index contributed by atoms with van der Waals surface area (Å²) in [6.07, 6.45) is 6.87. The van der Waals surface area contributed by atoms with E-state index in [1.165, 1.54) is 6.07 Å². The lowest BCUT2D eigenvalue weighted by Gasteiger charge is -2.37. The number of likely N-dealkylation sites (N-methyl/N-ethyl adjacent to an activating group) is 1. The van der Waals surface area contributed by atoms with Crippen LogP contribution in [0, 0.1) is 6.92 Å². The van der Waals surface area contributed by atoms with Gasteiger partial charge in [0.1, 0.15) is 5.69 Å². The van der Waals surface area contributed by atoms with E-state index in [1.54, 1.807) is 42.4 Å². The van der Waals surface area contributed by atoms with Gasteiger partial charge in [0.2, 0.25) is 11.8 Å². The number of amides is 1. The summed E-state index contributed by atoms with van der Waals surface area (Å²) in [5.74, 6) is 0.313. The second-order valence-corrected chi connectivity index (χ2v) is 13.8. The fourth-order valence-corrected chi connectivity index (χ4v) is 7.59. The highest BCUT2D eigenvalue weighted by molar-refractivity contribution is 7.92. The number of benzene rings is 2. The zero-order valence-corrected chi connectivity index (χ0v) is 26.2. The number of nitrogens with zero attached hydrogens (tertiary/aromatic N) is 4. The van der Waals surface area contributed by atoms with E-state index in [2.05, 4.69) is 19.6 Å². The average molecular weight is 620 g/mol. The van der Waals surface area contributed by atoms with Crippen LogP contribution < -0.4 is 14.4 Å². The van der Waals surface area contributed by atoms with Gasteiger partial charge in [0.25, 0.3) is 10.0 Å². The minimum absolute atomic E-state index is 0.0494. The molecule has 3 heterocycles. The largest absolute Gasteiger partial charge is 0.476 e. The summed E-state index contributed by atoms with van der Waals surface area (Å²) in [4.78, 5) is 26.3.